The van der Waals surface area contributed by atoms with Crippen molar-refractivity contribution in [3.8, 4) is 11.5 Å². The van der Waals surface area contributed by atoms with Crippen LogP contribution in [0, 0.1) is 16.7 Å². The predicted octanol–water partition coefficient (Wildman–Crippen LogP) is 3.68. The molecule has 4 heteroatoms. The lowest BCUT2D eigenvalue weighted by atomic mass is 9.40. The van der Waals surface area contributed by atoms with Crippen molar-refractivity contribution in [2.75, 3.05) is 7.11 Å². The molecule has 2 aliphatic carbocycles. The Morgan fingerprint density at radius 1 is 1.24 bits per heavy atom. The highest BCUT2D eigenvalue weighted by Crippen LogP contribution is 2.66. The second-order valence-corrected chi connectivity index (χ2v) is 9.04. The Morgan fingerprint density at radius 3 is 2.64 bits per heavy atom. The number of phenols is 1. The topological polar surface area (TPSA) is 58.9 Å². The van der Waals surface area contributed by atoms with E-state index < -0.39 is 5.41 Å². The Balaban J connectivity index is 2.03. The number of phenolic OH excluding ortho intramolecular Hbond substituents is 1. The van der Waals surface area contributed by atoms with Crippen LogP contribution in [-0.2, 0) is 16.6 Å². The molecule has 1 aliphatic heterocycles. The molecule has 1 heterocycles. The van der Waals surface area contributed by atoms with Crippen molar-refractivity contribution >= 4 is 12.0 Å². The highest BCUT2D eigenvalue weighted by atomic mass is 16.5. The van der Waals surface area contributed by atoms with Crippen LogP contribution in [0.15, 0.2) is 17.1 Å². The van der Waals surface area contributed by atoms with Crippen molar-refractivity contribution in [1.82, 2.24) is 0 Å². The minimum atomic E-state index is -0.404. The number of Topliss-reactive ketones (excluding diaryl/α,β-unsaturated/α-hetero) is 1. The molecule has 1 fully saturated rings. The maximum atomic E-state index is 13.2. The zero-order valence-electron chi connectivity index (χ0n) is 15.7. The number of methoxy groups -OCH3 is 1. The number of fused-ring (bicyclic) bond motifs is 1. The third-order valence-corrected chi connectivity index (χ3v) is 7.67. The molecule has 0 saturated heterocycles. The molecule has 2 bridgehead atoms. The van der Waals surface area contributed by atoms with Crippen LogP contribution in [0.3, 0.4) is 0 Å². The Kier molecular flexibility index (Phi) is 3.23. The van der Waals surface area contributed by atoms with E-state index in [1.165, 1.54) is 0 Å². The van der Waals surface area contributed by atoms with Gasteiger partial charge < -0.3 is 9.84 Å². The standard InChI is InChI=1S/C21H27NO3/c1-19(2)15(23)11-21-8-9-22-13(18(21)20(19,3)4)10-12-6-7-14(25-5)17(24)16(12)21/h6-7,9,13,18,24H,8,10-11H2,1-5H3/t13-,18-,21-/m1/s1. The van der Waals surface area contributed by atoms with E-state index in [0.717, 1.165) is 17.5 Å². The fraction of sp³-hybridized carbons (Fsp3) is 0.619. The molecule has 0 unspecified atom stereocenters. The van der Waals surface area contributed by atoms with E-state index in [9.17, 15) is 9.90 Å². The summed E-state index contributed by atoms with van der Waals surface area (Å²) >= 11 is 0. The summed E-state index contributed by atoms with van der Waals surface area (Å²) in [5.41, 5.74) is 1.04. The van der Waals surface area contributed by atoms with Gasteiger partial charge in [0.1, 0.15) is 5.78 Å². The Labute approximate surface area is 149 Å². The lowest BCUT2D eigenvalue weighted by Gasteiger charge is -2.63. The zero-order valence-corrected chi connectivity index (χ0v) is 15.7. The molecule has 3 aliphatic rings. The van der Waals surface area contributed by atoms with Crippen LogP contribution in [0.25, 0.3) is 0 Å². The van der Waals surface area contributed by atoms with Crippen LogP contribution in [0.4, 0.5) is 0 Å². The van der Waals surface area contributed by atoms with E-state index >= 15 is 0 Å². The van der Waals surface area contributed by atoms with Crippen LogP contribution in [-0.4, -0.2) is 30.3 Å². The maximum absolute atomic E-state index is 13.2. The molecule has 1 aromatic carbocycles. The van der Waals surface area contributed by atoms with Crippen molar-refractivity contribution in [3.05, 3.63) is 23.3 Å². The number of ketones is 1. The summed E-state index contributed by atoms with van der Waals surface area (Å²) in [7, 11) is 1.57. The smallest absolute Gasteiger partial charge is 0.161 e. The maximum Gasteiger partial charge on any atom is 0.161 e. The Hall–Kier alpha value is -1.84. The van der Waals surface area contributed by atoms with Gasteiger partial charge in [-0.2, -0.15) is 0 Å². The SMILES string of the molecule is COc1ccc2c(c1O)[C@]13CC=N[C@H](C2)[C@@H]1C(C)(C)C(C)(C)C(=O)C3. The van der Waals surface area contributed by atoms with Gasteiger partial charge in [-0.05, 0) is 42.0 Å². The van der Waals surface area contributed by atoms with Crippen molar-refractivity contribution in [1.29, 1.82) is 0 Å². The first-order chi connectivity index (χ1) is 11.7. The van der Waals surface area contributed by atoms with Gasteiger partial charge in [-0.3, -0.25) is 9.79 Å². The quantitative estimate of drug-likeness (QED) is 0.848. The van der Waals surface area contributed by atoms with Crippen molar-refractivity contribution in [2.45, 2.75) is 58.4 Å². The van der Waals surface area contributed by atoms with E-state index in [4.69, 9.17) is 9.73 Å². The number of hydrogen-bond acceptors (Lipinski definition) is 4. The highest BCUT2D eigenvalue weighted by Gasteiger charge is 2.66. The van der Waals surface area contributed by atoms with Gasteiger partial charge in [0.25, 0.3) is 0 Å². The van der Waals surface area contributed by atoms with Crippen LogP contribution in [0.5, 0.6) is 11.5 Å². The van der Waals surface area contributed by atoms with Crippen molar-refractivity contribution in [2.24, 2.45) is 21.7 Å². The Bertz CT molecular complexity index is 793. The molecule has 1 aromatic rings. The summed E-state index contributed by atoms with van der Waals surface area (Å²) in [5, 5.41) is 11.0. The number of ether oxygens (including phenoxy) is 1. The summed E-state index contributed by atoms with van der Waals surface area (Å²) in [6.07, 6.45) is 3.95. The van der Waals surface area contributed by atoms with E-state index in [-0.39, 0.29) is 34.3 Å². The fourth-order valence-corrected chi connectivity index (χ4v) is 5.79. The van der Waals surface area contributed by atoms with Crippen molar-refractivity contribution < 1.29 is 14.6 Å². The Morgan fingerprint density at radius 2 is 1.96 bits per heavy atom. The van der Waals surface area contributed by atoms with Gasteiger partial charge in [0.05, 0.1) is 13.2 Å². The van der Waals surface area contributed by atoms with Gasteiger partial charge in [-0.15, -0.1) is 0 Å². The van der Waals surface area contributed by atoms with E-state index in [1.807, 2.05) is 18.3 Å². The second-order valence-electron chi connectivity index (χ2n) is 9.04. The molecule has 1 N–H and O–H groups in total. The van der Waals surface area contributed by atoms with E-state index in [0.29, 0.717) is 18.6 Å². The van der Waals surface area contributed by atoms with E-state index in [1.54, 1.807) is 7.11 Å². The molecule has 25 heavy (non-hydrogen) atoms. The second kappa shape index (κ2) is 4.87. The third-order valence-electron chi connectivity index (χ3n) is 7.67. The number of benzene rings is 1. The van der Waals surface area contributed by atoms with Crippen LogP contribution in [0.2, 0.25) is 0 Å². The van der Waals surface area contributed by atoms with Crippen molar-refractivity contribution in [3.63, 3.8) is 0 Å². The highest BCUT2D eigenvalue weighted by molar-refractivity contribution is 5.89. The summed E-state index contributed by atoms with van der Waals surface area (Å²) < 4.78 is 5.38. The monoisotopic (exact) mass is 341 g/mol. The molecule has 1 saturated carbocycles. The first-order valence-electron chi connectivity index (χ1n) is 9.11. The summed E-state index contributed by atoms with van der Waals surface area (Å²) in [6.45, 7) is 8.56. The molecule has 0 aromatic heterocycles. The number of hydrogen-bond donors (Lipinski definition) is 1. The summed E-state index contributed by atoms with van der Waals surface area (Å²) in [6, 6.07) is 4.03. The van der Waals surface area contributed by atoms with Gasteiger partial charge in [0.2, 0.25) is 0 Å². The van der Waals surface area contributed by atoms with Gasteiger partial charge in [-0.25, -0.2) is 0 Å². The number of carbonyl (C=O) groups is 1. The third kappa shape index (κ3) is 1.83. The normalized spacial score (nSPS) is 34.2. The molecular weight excluding hydrogens is 314 g/mol. The first-order valence-corrected chi connectivity index (χ1v) is 9.11. The average molecular weight is 341 g/mol. The fourth-order valence-electron chi connectivity index (χ4n) is 5.79. The number of aromatic hydroxyl groups is 1. The van der Waals surface area contributed by atoms with Gasteiger partial charge in [0.15, 0.2) is 11.5 Å². The van der Waals surface area contributed by atoms with E-state index in [2.05, 4.69) is 27.7 Å². The number of aliphatic imine (C=N–C) groups is 1. The molecule has 4 rings (SSSR count). The molecule has 0 spiro atoms. The lowest BCUT2D eigenvalue weighted by molar-refractivity contribution is -0.152. The number of rotatable bonds is 1. The largest absolute Gasteiger partial charge is 0.504 e. The van der Waals surface area contributed by atoms with Gasteiger partial charge >= 0.3 is 0 Å². The average Bonchev–Trinajstić information content (AvgIpc) is 2.52. The molecule has 0 amide bonds. The zero-order chi connectivity index (χ0) is 18.2. The minimum Gasteiger partial charge on any atom is -0.504 e. The van der Waals surface area contributed by atoms with Gasteiger partial charge in [0, 0.05) is 22.8 Å². The number of nitrogens with zero attached hydrogens (tertiary/aromatic N) is 1. The van der Waals surface area contributed by atoms with Crippen LogP contribution < -0.4 is 4.74 Å². The van der Waals surface area contributed by atoms with Gasteiger partial charge in [-0.1, -0.05) is 33.8 Å². The molecule has 134 valence electrons. The molecular formula is C21H27NO3. The molecule has 3 atom stereocenters. The van der Waals surface area contributed by atoms with Crippen LogP contribution >= 0.6 is 0 Å². The van der Waals surface area contributed by atoms with Crippen LogP contribution in [0.1, 0.15) is 51.7 Å². The first kappa shape index (κ1) is 16.6. The molecule has 0 radical (unpaired) electrons. The summed E-state index contributed by atoms with van der Waals surface area (Å²) in [5.74, 6) is 1.20. The summed E-state index contributed by atoms with van der Waals surface area (Å²) in [4.78, 5) is 18.0. The number of carbonyl (C=O) groups excluding carboxylic acids is 1. The minimum absolute atomic E-state index is 0.163. The molecule has 4 nitrogen and oxygen atoms in total. The lowest BCUT2D eigenvalue weighted by Crippen LogP contribution is -2.65. The predicted molar refractivity (Wildman–Crippen MR) is 97.6 cm³/mol.